The van der Waals surface area contributed by atoms with E-state index in [1.165, 1.54) is 238 Å². The van der Waals surface area contributed by atoms with Crippen LogP contribution in [0.2, 0.25) is 0 Å². The molecule has 0 saturated carbocycles. The van der Waals surface area contributed by atoms with Gasteiger partial charge in [0.15, 0.2) is 12.2 Å². The maximum atomic E-state index is 13.1. The molecule has 0 bridgehead atoms. The van der Waals surface area contributed by atoms with Crippen molar-refractivity contribution in [1.29, 1.82) is 0 Å². The molecule has 103 heavy (non-hydrogen) atoms. The second-order valence-electron chi connectivity index (χ2n) is 30.0. The predicted molar refractivity (Wildman–Crippen MR) is 423 cm³/mol. The number of carbonyl (C=O) groups is 4. The Labute approximate surface area is 631 Å². The molecule has 3 N–H and O–H groups in total. The van der Waals surface area contributed by atoms with Crippen molar-refractivity contribution in [3.8, 4) is 0 Å². The van der Waals surface area contributed by atoms with Gasteiger partial charge >= 0.3 is 39.5 Å². The van der Waals surface area contributed by atoms with Gasteiger partial charge in [0.05, 0.1) is 26.4 Å². The summed E-state index contributed by atoms with van der Waals surface area (Å²) < 4.78 is 68.7. The second kappa shape index (κ2) is 76.3. The Morgan fingerprint density at radius 1 is 0.301 bits per heavy atom. The third-order valence-corrected chi connectivity index (χ3v) is 21.1. The molecule has 19 heteroatoms. The van der Waals surface area contributed by atoms with E-state index in [4.69, 9.17) is 37.0 Å². The summed E-state index contributed by atoms with van der Waals surface area (Å²) in [4.78, 5) is 73.0. The van der Waals surface area contributed by atoms with Gasteiger partial charge in [-0.05, 0) is 57.3 Å². The van der Waals surface area contributed by atoms with E-state index in [0.717, 1.165) is 109 Å². The van der Waals surface area contributed by atoms with Crippen molar-refractivity contribution in [2.24, 2.45) is 5.92 Å². The number of carbonyl (C=O) groups excluding carboxylic acids is 4. The topological polar surface area (TPSA) is 237 Å². The minimum absolute atomic E-state index is 0.0854. The third-order valence-electron chi connectivity index (χ3n) is 19.2. The van der Waals surface area contributed by atoms with Gasteiger partial charge in [-0.3, -0.25) is 37.3 Å². The summed E-state index contributed by atoms with van der Waals surface area (Å²) in [5.74, 6) is -1.34. The van der Waals surface area contributed by atoms with E-state index in [2.05, 4.69) is 58.9 Å². The van der Waals surface area contributed by atoms with Crippen LogP contribution in [0.1, 0.15) is 426 Å². The molecule has 0 aromatic heterocycles. The van der Waals surface area contributed by atoms with Gasteiger partial charge in [-0.15, -0.1) is 0 Å². The van der Waals surface area contributed by atoms with Crippen molar-refractivity contribution in [2.45, 2.75) is 445 Å². The Morgan fingerprint density at radius 3 is 0.796 bits per heavy atom. The zero-order chi connectivity index (χ0) is 75.5. The number of rotatable bonds is 82. The summed E-state index contributed by atoms with van der Waals surface area (Å²) in [6, 6.07) is 0. The summed E-state index contributed by atoms with van der Waals surface area (Å²) in [7, 11) is -9.93. The summed E-state index contributed by atoms with van der Waals surface area (Å²) >= 11 is 0. The van der Waals surface area contributed by atoms with E-state index >= 15 is 0 Å². The summed E-state index contributed by atoms with van der Waals surface area (Å²) in [5, 5.41) is 10.6. The molecule has 0 aliphatic rings. The van der Waals surface area contributed by atoms with E-state index in [1.807, 2.05) is 0 Å². The lowest BCUT2D eigenvalue weighted by atomic mass is 10.0. The zero-order valence-electron chi connectivity index (χ0n) is 66.9. The molecular formula is C84H160O17P2. The van der Waals surface area contributed by atoms with E-state index in [9.17, 15) is 43.2 Å². The first-order valence-electron chi connectivity index (χ1n) is 43.0. The van der Waals surface area contributed by atoms with Crippen LogP contribution in [0, 0.1) is 5.92 Å². The Bertz CT molecular complexity index is 2060. The van der Waals surface area contributed by atoms with Crippen LogP contribution in [-0.2, 0) is 65.4 Å². The molecule has 0 heterocycles. The van der Waals surface area contributed by atoms with Crippen LogP contribution in [0.25, 0.3) is 0 Å². The first-order valence-corrected chi connectivity index (χ1v) is 45.9. The fourth-order valence-corrected chi connectivity index (χ4v) is 14.2. The number of allylic oxidation sites excluding steroid dienone is 4. The highest BCUT2D eigenvalue weighted by atomic mass is 31.2. The number of hydrogen-bond acceptors (Lipinski definition) is 15. The fourth-order valence-electron chi connectivity index (χ4n) is 12.6. The van der Waals surface area contributed by atoms with E-state index in [-0.39, 0.29) is 25.7 Å². The van der Waals surface area contributed by atoms with Crippen LogP contribution in [0.5, 0.6) is 0 Å². The van der Waals surface area contributed by atoms with Gasteiger partial charge in [0.1, 0.15) is 19.3 Å². The average molecular weight is 1500 g/mol. The van der Waals surface area contributed by atoms with Crippen molar-refractivity contribution < 1.29 is 80.2 Å². The standard InChI is InChI=1S/C84H160O17P2/c1-6-9-12-15-18-21-23-25-27-28-29-30-31-32-33-35-41-45-50-55-60-65-70-84(89)101-80(74-95-82(87)68-63-58-53-48-43-39-37-36-38-42-47-51-56-61-66-77(4)5)76-99-103(92,93)97-72-78(85)71-96-102(90,91)98-75-79(73-94-81(86)67-62-57-52-46-20-17-14-11-8-3)100-83(88)69-64-59-54-49-44-40-34-26-24-22-19-16-13-10-7-2/h22,24,26,34,77-80,85H,6-21,23,25,27-33,35-76H2,1-5H3,(H,90,91)(H,92,93)/b24-22-,34-26-/t78-,79+,80+/m0/s1. The quantitative estimate of drug-likeness (QED) is 0.0169. The predicted octanol–water partition coefficient (Wildman–Crippen LogP) is 25.1. The number of phosphoric ester groups is 2. The molecule has 0 saturated heterocycles. The monoisotopic (exact) mass is 1500 g/mol. The maximum Gasteiger partial charge on any atom is 0.472 e. The van der Waals surface area contributed by atoms with Gasteiger partial charge in [-0.1, -0.05) is 374 Å². The van der Waals surface area contributed by atoms with Gasteiger partial charge < -0.3 is 33.8 Å². The Balaban J connectivity index is 5.23. The zero-order valence-corrected chi connectivity index (χ0v) is 68.7. The van der Waals surface area contributed by atoms with E-state index in [1.54, 1.807) is 0 Å². The minimum Gasteiger partial charge on any atom is -0.462 e. The average Bonchev–Trinajstić information content (AvgIpc) is 0.961. The van der Waals surface area contributed by atoms with Gasteiger partial charge in [0, 0.05) is 25.7 Å². The molecule has 0 aromatic rings. The van der Waals surface area contributed by atoms with Crippen molar-refractivity contribution in [2.75, 3.05) is 39.6 Å². The Morgan fingerprint density at radius 2 is 0.524 bits per heavy atom. The van der Waals surface area contributed by atoms with Crippen LogP contribution < -0.4 is 0 Å². The molecule has 0 radical (unpaired) electrons. The number of aliphatic hydroxyl groups excluding tert-OH is 1. The lowest BCUT2D eigenvalue weighted by Gasteiger charge is -2.21. The number of esters is 4. The van der Waals surface area contributed by atoms with Crippen LogP contribution in [-0.4, -0.2) is 96.7 Å². The van der Waals surface area contributed by atoms with Crippen molar-refractivity contribution in [3.05, 3.63) is 24.3 Å². The summed E-state index contributed by atoms with van der Waals surface area (Å²) in [5.41, 5.74) is 0. The van der Waals surface area contributed by atoms with Crippen molar-refractivity contribution >= 4 is 39.5 Å². The van der Waals surface area contributed by atoms with Gasteiger partial charge in [0.25, 0.3) is 0 Å². The van der Waals surface area contributed by atoms with Gasteiger partial charge in [-0.25, -0.2) is 9.13 Å². The van der Waals surface area contributed by atoms with Crippen molar-refractivity contribution in [1.82, 2.24) is 0 Å². The normalized spacial score (nSPS) is 14.0. The SMILES string of the molecule is CCCCCC/C=C\C=C/CCCCCCCC(=O)O[C@H](COC(=O)CCCCCCCCCCC)COP(=O)(O)OC[C@H](O)COP(=O)(O)OC[C@@H](COC(=O)CCCCCCCCCCCCCCCCC(C)C)OC(=O)CCCCCCCCCCCCCCCCCCCCCCCC. The van der Waals surface area contributed by atoms with Crippen molar-refractivity contribution in [3.63, 3.8) is 0 Å². The van der Waals surface area contributed by atoms with Crippen LogP contribution in [0.4, 0.5) is 0 Å². The smallest absolute Gasteiger partial charge is 0.462 e. The van der Waals surface area contributed by atoms with Gasteiger partial charge in [0.2, 0.25) is 0 Å². The lowest BCUT2D eigenvalue weighted by molar-refractivity contribution is -0.161. The minimum atomic E-state index is -4.97. The molecule has 0 rings (SSSR count). The molecule has 0 aromatic carbocycles. The lowest BCUT2D eigenvalue weighted by Crippen LogP contribution is -2.30. The first kappa shape index (κ1) is 101. The van der Waals surface area contributed by atoms with Gasteiger partial charge in [-0.2, -0.15) is 0 Å². The molecule has 0 aliphatic carbocycles. The first-order chi connectivity index (χ1) is 50.0. The largest absolute Gasteiger partial charge is 0.472 e. The van der Waals surface area contributed by atoms with Crippen LogP contribution in [0.3, 0.4) is 0 Å². The maximum absolute atomic E-state index is 13.1. The third kappa shape index (κ3) is 77.5. The molecule has 17 nitrogen and oxygen atoms in total. The Hall–Kier alpha value is -2.46. The van der Waals surface area contributed by atoms with E-state index in [0.29, 0.717) is 25.7 Å². The highest BCUT2D eigenvalue weighted by Crippen LogP contribution is 2.45. The summed E-state index contributed by atoms with van der Waals surface area (Å²) in [6.45, 7) is 7.28. The molecule has 5 atom stereocenters. The second-order valence-corrected chi connectivity index (χ2v) is 32.9. The molecule has 0 aliphatic heterocycles. The highest BCUT2D eigenvalue weighted by Gasteiger charge is 2.30. The molecule has 2 unspecified atom stereocenters. The number of unbranched alkanes of at least 4 members (excludes halogenated alkanes) is 51. The van der Waals surface area contributed by atoms with Crippen LogP contribution >= 0.6 is 15.6 Å². The number of aliphatic hydroxyl groups is 1. The number of phosphoric acid groups is 2. The molecule has 608 valence electrons. The summed E-state index contributed by atoms with van der Waals surface area (Å²) in [6.07, 6.45) is 71.7. The van der Waals surface area contributed by atoms with E-state index < -0.39 is 97.5 Å². The molecular weight excluding hydrogens is 1340 g/mol. The molecule has 0 amide bonds. The Kier molecular flexibility index (Phi) is 74.5. The number of ether oxygens (including phenoxy) is 4. The highest BCUT2D eigenvalue weighted by molar-refractivity contribution is 7.47. The van der Waals surface area contributed by atoms with Crippen LogP contribution in [0.15, 0.2) is 24.3 Å². The number of hydrogen-bond donors (Lipinski definition) is 3. The fraction of sp³-hybridized carbons (Fsp3) is 0.905. The molecule has 0 fully saturated rings. The molecule has 0 spiro atoms.